The molecule has 1 fully saturated rings. The van der Waals surface area contributed by atoms with Gasteiger partial charge in [-0.15, -0.1) is 0 Å². The van der Waals surface area contributed by atoms with Crippen molar-refractivity contribution in [3.05, 3.63) is 53.6 Å². The molecule has 6 heteroatoms. The summed E-state index contributed by atoms with van der Waals surface area (Å²) < 4.78 is 0. The maximum Gasteiger partial charge on any atom is 0.243 e. The molecule has 1 aliphatic carbocycles. The zero-order valence-corrected chi connectivity index (χ0v) is 15.5. The number of fused-ring (bicyclic) bond motifs is 1. The number of carbonyl (C=O) groups excluding carboxylic acids is 2. The molecule has 6 nitrogen and oxygen atoms in total. The summed E-state index contributed by atoms with van der Waals surface area (Å²) in [5, 5.41) is 3.01. The molecular weight excluding hydrogens is 340 g/mol. The van der Waals surface area contributed by atoms with E-state index in [0.717, 1.165) is 42.6 Å². The third kappa shape index (κ3) is 3.89. The number of imidazole rings is 1. The van der Waals surface area contributed by atoms with Gasteiger partial charge >= 0.3 is 0 Å². The fourth-order valence-electron chi connectivity index (χ4n) is 4.19. The number of aromatic nitrogens is 2. The molecule has 2 aromatic rings. The molecular formula is C21H26N4O2. The van der Waals surface area contributed by atoms with Gasteiger partial charge in [0.2, 0.25) is 11.8 Å². The van der Waals surface area contributed by atoms with Crippen LogP contribution in [-0.4, -0.2) is 32.7 Å². The standard InChI is InChI=1S/C21H26N4O2/c26-20(22-12-15-7-3-1-4-8-15)19-11-17-18(24-14-23-17)13-25(19)21(27)16-9-5-2-6-10-16/h1,3-4,7-8,14,16,19H,2,5-6,9-13H2,(H,22,26)(H,23,24)/t19-/m0/s1. The molecule has 27 heavy (non-hydrogen) atoms. The molecule has 0 bridgehead atoms. The van der Waals surface area contributed by atoms with Crippen LogP contribution in [0.5, 0.6) is 0 Å². The van der Waals surface area contributed by atoms with Gasteiger partial charge in [0.05, 0.1) is 24.3 Å². The summed E-state index contributed by atoms with van der Waals surface area (Å²) >= 11 is 0. The number of H-pyrrole nitrogens is 1. The van der Waals surface area contributed by atoms with E-state index in [1.54, 1.807) is 11.2 Å². The average molecular weight is 366 g/mol. The summed E-state index contributed by atoms with van der Waals surface area (Å²) in [5.74, 6) is 0.0686. The zero-order valence-electron chi connectivity index (χ0n) is 15.5. The number of hydrogen-bond acceptors (Lipinski definition) is 3. The van der Waals surface area contributed by atoms with Crippen LogP contribution in [0.3, 0.4) is 0 Å². The van der Waals surface area contributed by atoms with Gasteiger partial charge in [0.25, 0.3) is 0 Å². The Bertz CT molecular complexity index is 796. The number of hydrogen-bond donors (Lipinski definition) is 2. The number of carbonyl (C=O) groups is 2. The van der Waals surface area contributed by atoms with Gasteiger partial charge in [-0.25, -0.2) is 4.98 Å². The van der Waals surface area contributed by atoms with Crippen LogP contribution in [-0.2, 0) is 29.1 Å². The summed E-state index contributed by atoms with van der Waals surface area (Å²) in [5.41, 5.74) is 2.89. The Hall–Kier alpha value is -2.63. The van der Waals surface area contributed by atoms with Crippen molar-refractivity contribution in [3.8, 4) is 0 Å². The Kier molecular flexibility index (Phi) is 5.23. The fourth-order valence-corrected chi connectivity index (χ4v) is 4.19. The number of benzene rings is 1. The zero-order chi connectivity index (χ0) is 18.6. The van der Waals surface area contributed by atoms with Crippen molar-refractivity contribution in [2.75, 3.05) is 0 Å². The third-order valence-electron chi connectivity index (χ3n) is 5.75. The predicted molar refractivity (Wildman–Crippen MR) is 101 cm³/mol. The molecule has 1 aromatic heterocycles. The Balaban J connectivity index is 1.50. The van der Waals surface area contributed by atoms with E-state index in [0.29, 0.717) is 19.5 Å². The molecule has 2 heterocycles. The van der Waals surface area contributed by atoms with Crippen LogP contribution < -0.4 is 5.32 Å². The largest absolute Gasteiger partial charge is 0.350 e. The highest BCUT2D eigenvalue weighted by atomic mass is 16.2. The highest BCUT2D eigenvalue weighted by Crippen LogP contribution is 2.29. The van der Waals surface area contributed by atoms with Gasteiger partial charge in [0.1, 0.15) is 6.04 Å². The average Bonchev–Trinajstić information content (AvgIpc) is 3.19. The first kappa shape index (κ1) is 17.8. The Labute approximate surface area is 159 Å². The maximum atomic E-state index is 13.2. The Morgan fingerprint density at radius 1 is 1.15 bits per heavy atom. The van der Waals surface area contributed by atoms with Gasteiger partial charge in [0.15, 0.2) is 0 Å². The SMILES string of the molecule is O=C(NCc1ccccc1)[C@@H]1Cc2nc[nH]c2CN1C(=O)C1CCCCC1. The van der Waals surface area contributed by atoms with E-state index >= 15 is 0 Å². The number of amides is 2. The van der Waals surface area contributed by atoms with Crippen molar-refractivity contribution in [3.63, 3.8) is 0 Å². The molecule has 0 spiro atoms. The van der Waals surface area contributed by atoms with Crippen LogP contribution >= 0.6 is 0 Å². The molecule has 1 atom stereocenters. The van der Waals surface area contributed by atoms with Gasteiger partial charge in [-0.05, 0) is 18.4 Å². The lowest BCUT2D eigenvalue weighted by molar-refractivity contribution is -0.146. The van der Waals surface area contributed by atoms with Crippen molar-refractivity contribution in [2.24, 2.45) is 5.92 Å². The van der Waals surface area contributed by atoms with Crippen LogP contribution in [0.25, 0.3) is 0 Å². The number of aromatic amines is 1. The lowest BCUT2D eigenvalue weighted by Gasteiger charge is -2.37. The van der Waals surface area contributed by atoms with Crippen molar-refractivity contribution < 1.29 is 9.59 Å². The van der Waals surface area contributed by atoms with Gasteiger partial charge in [-0.1, -0.05) is 49.6 Å². The lowest BCUT2D eigenvalue weighted by Crippen LogP contribution is -2.54. The Morgan fingerprint density at radius 2 is 1.93 bits per heavy atom. The van der Waals surface area contributed by atoms with Crippen molar-refractivity contribution in [1.29, 1.82) is 0 Å². The van der Waals surface area contributed by atoms with Crippen molar-refractivity contribution in [1.82, 2.24) is 20.2 Å². The second-order valence-electron chi connectivity index (χ2n) is 7.55. The third-order valence-corrected chi connectivity index (χ3v) is 5.75. The fraction of sp³-hybridized carbons (Fsp3) is 0.476. The van der Waals surface area contributed by atoms with Gasteiger partial charge in [-0.3, -0.25) is 9.59 Å². The van der Waals surface area contributed by atoms with Crippen LogP contribution in [0.15, 0.2) is 36.7 Å². The van der Waals surface area contributed by atoms with E-state index in [9.17, 15) is 9.59 Å². The van der Waals surface area contributed by atoms with Crippen LogP contribution in [0.2, 0.25) is 0 Å². The van der Waals surface area contributed by atoms with Gasteiger partial charge in [0, 0.05) is 18.9 Å². The van der Waals surface area contributed by atoms with Crippen LogP contribution in [0.1, 0.15) is 49.1 Å². The maximum absolute atomic E-state index is 13.2. The second-order valence-corrected chi connectivity index (χ2v) is 7.55. The normalized spacial score (nSPS) is 20.1. The number of rotatable bonds is 4. The van der Waals surface area contributed by atoms with Gasteiger partial charge < -0.3 is 15.2 Å². The summed E-state index contributed by atoms with van der Waals surface area (Å²) in [6.45, 7) is 0.906. The molecule has 2 amide bonds. The smallest absolute Gasteiger partial charge is 0.243 e. The van der Waals surface area contributed by atoms with E-state index in [-0.39, 0.29) is 17.7 Å². The molecule has 0 saturated heterocycles. The van der Waals surface area contributed by atoms with E-state index < -0.39 is 6.04 Å². The highest BCUT2D eigenvalue weighted by Gasteiger charge is 2.38. The van der Waals surface area contributed by atoms with Crippen LogP contribution in [0.4, 0.5) is 0 Å². The van der Waals surface area contributed by atoms with Crippen LogP contribution in [0, 0.1) is 5.92 Å². The summed E-state index contributed by atoms with van der Waals surface area (Å²) in [7, 11) is 0. The first-order chi connectivity index (χ1) is 13.2. The molecule has 1 saturated carbocycles. The number of nitrogens with zero attached hydrogens (tertiary/aromatic N) is 2. The number of nitrogens with one attached hydrogen (secondary N) is 2. The first-order valence-electron chi connectivity index (χ1n) is 9.85. The summed E-state index contributed by atoms with van der Waals surface area (Å²) in [6.07, 6.45) is 7.40. The minimum Gasteiger partial charge on any atom is -0.350 e. The van der Waals surface area contributed by atoms with E-state index in [2.05, 4.69) is 15.3 Å². The predicted octanol–water partition coefficient (Wildman–Crippen LogP) is 2.56. The molecule has 4 rings (SSSR count). The lowest BCUT2D eigenvalue weighted by atomic mass is 9.87. The highest BCUT2D eigenvalue weighted by molar-refractivity contribution is 5.89. The molecule has 0 radical (unpaired) electrons. The second kappa shape index (κ2) is 7.94. The monoisotopic (exact) mass is 366 g/mol. The molecule has 1 aromatic carbocycles. The van der Waals surface area contributed by atoms with E-state index in [1.165, 1.54) is 6.42 Å². The van der Waals surface area contributed by atoms with Crippen molar-refractivity contribution >= 4 is 11.8 Å². The minimum atomic E-state index is -0.487. The van der Waals surface area contributed by atoms with Crippen molar-refractivity contribution in [2.45, 2.75) is 57.7 Å². The quantitative estimate of drug-likeness (QED) is 0.873. The van der Waals surface area contributed by atoms with E-state index in [4.69, 9.17) is 0 Å². The molecule has 142 valence electrons. The molecule has 1 aliphatic heterocycles. The van der Waals surface area contributed by atoms with E-state index in [1.807, 2.05) is 30.3 Å². The van der Waals surface area contributed by atoms with Gasteiger partial charge in [-0.2, -0.15) is 0 Å². The molecule has 2 aliphatic rings. The summed E-state index contributed by atoms with van der Waals surface area (Å²) in [6, 6.07) is 9.35. The Morgan fingerprint density at radius 3 is 2.70 bits per heavy atom. The topological polar surface area (TPSA) is 78.1 Å². The molecule has 2 N–H and O–H groups in total. The minimum absolute atomic E-state index is 0.0487. The molecule has 0 unspecified atom stereocenters. The summed E-state index contributed by atoms with van der Waals surface area (Å²) in [4.78, 5) is 35.4. The first-order valence-corrected chi connectivity index (χ1v) is 9.85.